The summed E-state index contributed by atoms with van der Waals surface area (Å²) >= 11 is 2.29. The molecular formula is C8H11I. The van der Waals surface area contributed by atoms with Crippen molar-refractivity contribution in [2.75, 3.05) is 4.43 Å². The summed E-state index contributed by atoms with van der Waals surface area (Å²) in [6.45, 7) is 2.11. The van der Waals surface area contributed by atoms with Gasteiger partial charge >= 0.3 is 0 Å². The van der Waals surface area contributed by atoms with E-state index < -0.39 is 0 Å². The van der Waals surface area contributed by atoms with E-state index in [-0.39, 0.29) is 0 Å². The summed E-state index contributed by atoms with van der Waals surface area (Å²) in [6.07, 6.45) is 0. The summed E-state index contributed by atoms with van der Waals surface area (Å²) in [6, 6.07) is 12.0. The van der Waals surface area contributed by atoms with E-state index in [1.165, 1.54) is 4.43 Å². The number of alkyl halides is 1. The molecule has 0 fully saturated rings. The van der Waals surface area contributed by atoms with Crippen molar-refractivity contribution in [3.05, 3.63) is 36.4 Å². The molecule has 0 saturated heterocycles. The van der Waals surface area contributed by atoms with Crippen LogP contribution < -0.4 is 0 Å². The number of halogens is 1. The van der Waals surface area contributed by atoms with Gasteiger partial charge in [0.15, 0.2) is 0 Å². The lowest BCUT2D eigenvalue weighted by Gasteiger charge is -1.69. The van der Waals surface area contributed by atoms with Gasteiger partial charge in [0, 0.05) is 0 Å². The minimum absolute atomic E-state index is 1.22. The van der Waals surface area contributed by atoms with Gasteiger partial charge in [0.1, 0.15) is 0 Å². The van der Waals surface area contributed by atoms with E-state index in [0.29, 0.717) is 0 Å². The Bertz CT molecular complexity index is 87.4. The van der Waals surface area contributed by atoms with Crippen LogP contribution in [0.1, 0.15) is 6.92 Å². The minimum atomic E-state index is 1.22. The lowest BCUT2D eigenvalue weighted by Crippen LogP contribution is -1.47. The van der Waals surface area contributed by atoms with Gasteiger partial charge in [-0.3, -0.25) is 0 Å². The molecule has 0 amide bonds. The second-order valence-corrected chi connectivity index (χ2v) is 2.95. The summed E-state index contributed by atoms with van der Waals surface area (Å²) < 4.78 is 1.22. The third-order valence-corrected chi connectivity index (χ3v) is 0.667. The molecule has 1 aromatic rings. The molecule has 0 spiro atoms. The molecule has 0 nitrogen and oxygen atoms in total. The molecule has 0 aliphatic heterocycles. The molecule has 0 unspecified atom stereocenters. The third kappa shape index (κ3) is 7.95. The van der Waals surface area contributed by atoms with Crippen molar-refractivity contribution in [3.8, 4) is 0 Å². The summed E-state index contributed by atoms with van der Waals surface area (Å²) in [5, 5.41) is 0. The first kappa shape index (κ1) is 8.95. The molecule has 50 valence electrons. The number of hydrogen-bond acceptors (Lipinski definition) is 0. The molecule has 1 aromatic carbocycles. The maximum absolute atomic E-state index is 2.29. The fraction of sp³-hybridized carbons (Fsp3) is 0.250. The van der Waals surface area contributed by atoms with Crippen molar-refractivity contribution in [1.29, 1.82) is 0 Å². The highest BCUT2D eigenvalue weighted by molar-refractivity contribution is 14.1. The zero-order valence-corrected chi connectivity index (χ0v) is 7.71. The molecule has 0 saturated carbocycles. The zero-order chi connectivity index (χ0) is 6.95. The number of hydrogen-bond donors (Lipinski definition) is 0. The van der Waals surface area contributed by atoms with Crippen molar-refractivity contribution in [2.24, 2.45) is 0 Å². The highest BCUT2D eigenvalue weighted by Gasteiger charge is 1.57. The Morgan fingerprint density at radius 1 is 0.889 bits per heavy atom. The molecule has 9 heavy (non-hydrogen) atoms. The van der Waals surface area contributed by atoms with E-state index in [0.717, 1.165) is 0 Å². The predicted molar refractivity (Wildman–Crippen MR) is 51.0 cm³/mol. The van der Waals surface area contributed by atoms with Gasteiger partial charge in [0.05, 0.1) is 0 Å². The minimum Gasteiger partial charge on any atom is -0.0867 e. The monoisotopic (exact) mass is 234 g/mol. The normalized spacial score (nSPS) is 7.33. The van der Waals surface area contributed by atoms with Gasteiger partial charge in [-0.2, -0.15) is 0 Å². The van der Waals surface area contributed by atoms with Crippen molar-refractivity contribution in [1.82, 2.24) is 0 Å². The van der Waals surface area contributed by atoms with E-state index in [4.69, 9.17) is 0 Å². The van der Waals surface area contributed by atoms with Crippen LogP contribution in [0.5, 0.6) is 0 Å². The molecule has 0 bridgehead atoms. The van der Waals surface area contributed by atoms with E-state index in [2.05, 4.69) is 29.5 Å². The van der Waals surface area contributed by atoms with Crippen molar-refractivity contribution in [2.45, 2.75) is 6.92 Å². The van der Waals surface area contributed by atoms with Crippen LogP contribution in [0.3, 0.4) is 0 Å². The second kappa shape index (κ2) is 7.95. The Kier molecular flexibility index (Phi) is 7.91. The Morgan fingerprint density at radius 3 is 1.11 bits per heavy atom. The molecule has 0 radical (unpaired) electrons. The molecule has 0 N–H and O–H groups in total. The number of benzene rings is 1. The first-order valence-corrected chi connectivity index (χ1v) is 4.50. The fourth-order valence-corrected chi connectivity index (χ4v) is 0.385. The van der Waals surface area contributed by atoms with Gasteiger partial charge < -0.3 is 0 Å². The Balaban J connectivity index is 0.000000187. The SMILES string of the molecule is CCI.c1ccccc1. The maximum atomic E-state index is 2.29. The van der Waals surface area contributed by atoms with Crippen LogP contribution in [0.25, 0.3) is 0 Å². The lowest BCUT2D eigenvalue weighted by atomic mass is 10.4. The Labute approximate surface area is 70.4 Å². The van der Waals surface area contributed by atoms with Crippen LogP contribution >= 0.6 is 22.6 Å². The van der Waals surface area contributed by atoms with E-state index in [1.807, 2.05) is 36.4 Å². The summed E-state index contributed by atoms with van der Waals surface area (Å²) in [7, 11) is 0. The smallest absolute Gasteiger partial charge is 0.00332 e. The lowest BCUT2D eigenvalue weighted by molar-refractivity contribution is 1.58. The van der Waals surface area contributed by atoms with E-state index in [1.54, 1.807) is 0 Å². The van der Waals surface area contributed by atoms with Gasteiger partial charge in [0.25, 0.3) is 0 Å². The summed E-state index contributed by atoms with van der Waals surface area (Å²) in [5.41, 5.74) is 0. The van der Waals surface area contributed by atoms with Gasteiger partial charge in [-0.05, 0) is 4.43 Å². The van der Waals surface area contributed by atoms with Crippen LogP contribution in [0.2, 0.25) is 0 Å². The molecule has 1 rings (SSSR count). The first-order valence-electron chi connectivity index (χ1n) is 2.97. The molecule has 0 aliphatic carbocycles. The van der Waals surface area contributed by atoms with Crippen molar-refractivity contribution < 1.29 is 0 Å². The average molecular weight is 234 g/mol. The maximum Gasteiger partial charge on any atom is -0.00332 e. The van der Waals surface area contributed by atoms with Crippen molar-refractivity contribution in [3.63, 3.8) is 0 Å². The van der Waals surface area contributed by atoms with E-state index >= 15 is 0 Å². The fourth-order valence-electron chi connectivity index (χ4n) is 0.385. The Morgan fingerprint density at radius 2 is 1.00 bits per heavy atom. The molecule has 0 aliphatic rings. The average Bonchev–Trinajstić information content (AvgIpc) is 1.93. The highest BCUT2D eigenvalue weighted by Crippen LogP contribution is 1.79. The summed E-state index contributed by atoms with van der Waals surface area (Å²) in [4.78, 5) is 0. The van der Waals surface area contributed by atoms with Crippen molar-refractivity contribution >= 4 is 22.6 Å². The van der Waals surface area contributed by atoms with Crippen LogP contribution in [0, 0.1) is 0 Å². The van der Waals surface area contributed by atoms with Crippen LogP contribution in [0.15, 0.2) is 36.4 Å². The highest BCUT2D eigenvalue weighted by atomic mass is 127. The molecule has 0 heterocycles. The number of rotatable bonds is 0. The molecule has 0 atom stereocenters. The largest absolute Gasteiger partial charge is 0.0867 e. The summed E-state index contributed by atoms with van der Waals surface area (Å²) in [5.74, 6) is 0. The zero-order valence-electron chi connectivity index (χ0n) is 5.55. The third-order valence-electron chi connectivity index (χ3n) is 0.667. The van der Waals surface area contributed by atoms with Crippen LogP contribution in [-0.4, -0.2) is 4.43 Å². The Hall–Kier alpha value is -0.0500. The van der Waals surface area contributed by atoms with Gasteiger partial charge in [-0.1, -0.05) is 65.9 Å². The van der Waals surface area contributed by atoms with Gasteiger partial charge in [-0.15, -0.1) is 0 Å². The topological polar surface area (TPSA) is 0 Å². The van der Waals surface area contributed by atoms with Crippen LogP contribution in [0.4, 0.5) is 0 Å². The standard InChI is InChI=1S/C6H6.C2H5I/c1-2-4-6-5-3-1;1-2-3/h1-6H;2H2,1H3. The molecule has 0 aromatic heterocycles. The van der Waals surface area contributed by atoms with Gasteiger partial charge in [-0.25, -0.2) is 0 Å². The molecular weight excluding hydrogens is 223 g/mol. The quantitative estimate of drug-likeness (QED) is 0.478. The van der Waals surface area contributed by atoms with Gasteiger partial charge in [0.2, 0.25) is 0 Å². The molecule has 1 heteroatoms. The van der Waals surface area contributed by atoms with E-state index in [9.17, 15) is 0 Å². The predicted octanol–water partition coefficient (Wildman–Crippen LogP) is 3.13. The van der Waals surface area contributed by atoms with Crippen LogP contribution in [-0.2, 0) is 0 Å². The second-order valence-electron chi connectivity index (χ2n) is 1.42. The first-order chi connectivity index (χ1) is 4.41.